The van der Waals surface area contributed by atoms with E-state index in [0.29, 0.717) is 15.8 Å². The minimum atomic E-state index is -1.93. The van der Waals surface area contributed by atoms with Crippen LogP contribution in [-0.4, -0.2) is 53.3 Å². The molecule has 3 aromatic rings. The highest BCUT2D eigenvalue weighted by atomic mass is 35.5. The summed E-state index contributed by atoms with van der Waals surface area (Å²) in [5, 5.41) is 17.5. The van der Waals surface area contributed by atoms with Crippen molar-refractivity contribution in [2.75, 3.05) is 11.9 Å². The predicted octanol–water partition coefficient (Wildman–Crippen LogP) is 3.74. The number of anilines is 1. The average molecular weight is 626 g/mol. The summed E-state index contributed by atoms with van der Waals surface area (Å²) >= 11 is 6.17. The molecule has 0 fully saturated rings. The van der Waals surface area contributed by atoms with Crippen LogP contribution in [0.1, 0.15) is 20.3 Å². The van der Waals surface area contributed by atoms with Crippen LogP contribution in [0.5, 0.6) is 5.75 Å². The number of ether oxygens (including phenoxy) is 1. The third-order valence-electron chi connectivity index (χ3n) is 6.08. The number of rotatable bonds is 11. The number of Topliss-reactive ketones (excluding diaryl/α,β-unsaturated/α-hetero) is 1. The van der Waals surface area contributed by atoms with Gasteiger partial charge < -0.3 is 25.8 Å². The van der Waals surface area contributed by atoms with E-state index in [4.69, 9.17) is 11.6 Å². The molecule has 0 bridgehead atoms. The van der Waals surface area contributed by atoms with Crippen LogP contribution >= 0.6 is 11.6 Å². The van der Waals surface area contributed by atoms with Gasteiger partial charge >= 0.3 is 17.8 Å². The Balaban J connectivity index is 1.71. The lowest BCUT2D eigenvalue weighted by Gasteiger charge is -2.24. The molecule has 4 N–H and O–H groups in total. The van der Waals surface area contributed by atoms with E-state index >= 15 is 0 Å². The Morgan fingerprint density at radius 3 is 2.07 bits per heavy atom. The molecule has 3 amide bonds. The number of ketones is 1. The largest absolute Gasteiger partial charge is 0.481 e. The van der Waals surface area contributed by atoms with E-state index in [1.165, 1.54) is 26.0 Å². The first-order valence-corrected chi connectivity index (χ1v) is 12.9. The highest BCUT2D eigenvalue weighted by molar-refractivity contribution is 6.41. The van der Waals surface area contributed by atoms with E-state index in [-0.39, 0.29) is 11.8 Å². The van der Waals surface area contributed by atoms with Gasteiger partial charge in [-0.15, -0.1) is 0 Å². The van der Waals surface area contributed by atoms with E-state index in [0.717, 1.165) is 0 Å². The quantitative estimate of drug-likeness (QED) is 0.144. The molecule has 3 rings (SSSR count). The van der Waals surface area contributed by atoms with Gasteiger partial charge in [-0.05, 0) is 18.1 Å². The molecule has 15 heteroatoms. The monoisotopic (exact) mass is 625 g/mol. The van der Waals surface area contributed by atoms with Crippen molar-refractivity contribution >= 4 is 57.5 Å². The van der Waals surface area contributed by atoms with Gasteiger partial charge in [-0.2, -0.15) is 8.78 Å². The summed E-state index contributed by atoms with van der Waals surface area (Å²) in [5.74, 6) is -16.0. The smallest absolute Gasteiger partial charge is 0.313 e. The van der Waals surface area contributed by atoms with Crippen molar-refractivity contribution in [2.45, 2.75) is 32.4 Å². The zero-order valence-electron chi connectivity index (χ0n) is 22.5. The Hall–Kier alpha value is -4.72. The lowest BCUT2D eigenvalue weighted by atomic mass is 10.0. The van der Waals surface area contributed by atoms with Crippen LogP contribution in [0.4, 0.5) is 23.2 Å². The van der Waals surface area contributed by atoms with Crippen LogP contribution in [0, 0.1) is 29.2 Å². The van der Waals surface area contributed by atoms with Crippen molar-refractivity contribution in [1.82, 2.24) is 10.6 Å². The lowest BCUT2D eigenvalue weighted by molar-refractivity contribution is -0.141. The second-order valence-corrected chi connectivity index (χ2v) is 9.91. The van der Waals surface area contributed by atoms with Crippen molar-refractivity contribution < 1.29 is 51.4 Å². The van der Waals surface area contributed by atoms with Crippen LogP contribution in [0.25, 0.3) is 10.8 Å². The molecule has 0 aliphatic carbocycles. The summed E-state index contributed by atoms with van der Waals surface area (Å²) in [4.78, 5) is 62.3. The fourth-order valence-corrected chi connectivity index (χ4v) is 4.12. The second-order valence-electron chi connectivity index (χ2n) is 9.50. The van der Waals surface area contributed by atoms with E-state index in [9.17, 15) is 46.6 Å². The van der Waals surface area contributed by atoms with Crippen LogP contribution in [-0.2, 0) is 24.0 Å². The number of benzene rings is 3. The summed E-state index contributed by atoms with van der Waals surface area (Å²) in [6, 6.07) is 6.37. The van der Waals surface area contributed by atoms with Gasteiger partial charge in [0.1, 0.15) is 18.7 Å². The van der Waals surface area contributed by atoms with Crippen molar-refractivity contribution in [2.24, 2.45) is 5.92 Å². The lowest BCUT2D eigenvalue weighted by Crippen LogP contribution is -2.56. The Bertz CT molecular complexity index is 1580. The number of halogens is 5. The number of carboxylic acids is 1. The van der Waals surface area contributed by atoms with E-state index in [2.05, 4.69) is 20.7 Å². The minimum absolute atomic E-state index is 0.0783. The second kappa shape index (κ2) is 14.0. The number of carbonyl (C=O) groups excluding carboxylic acids is 4. The maximum Gasteiger partial charge on any atom is 0.313 e. The standard InChI is InChI=1S/C28H24ClF4N3O7/c1-12(2)24(36-28(42)27(41)34-18-8-7-15(29)13-5-3-4-6-14(13)18)26(40)35-19(10-21(38)39)20(37)11-43-25-22(32)16(30)9-17(31)23(25)33/h3-9,12,19,24H,10-11H2,1-2H3,(H,34,41)(H,35,40)(H,36,42)(H,38,39)/t19-,24-/m0/s1. The summed E-state index contributed by atoms with van der Waals surface area (Å²) in [7, 11) is 0. The number of nitrogens with one attached hydrogen (secondary N) is 3. The van der Waals surface area contributed by atoms with E-state index in [1.54, 1.807) is 24.3 Å². The number of carbonyl (C=O) groups is 5. The molecule has 10 nitrogen and oxygen atoms in total. The van der Waals surface area contributed by atoms with Gasteiger partial charge in [-0.3, -0.25) is 24.0 Å². The maximum absolute atomic E-state index is 13.9. The molecular weight excluding hydrogens is 602 g/mol. The molecule has 0 saturated heterocycles. The molecule has 2 atom stereocenters. The highest BCUT2D eigenvalue weighted by Crippen LogP contribution is 2.30. The van der Waals surface area contributed by atoms with Crippen molar-refractivity contribution in [3.63, 3.8) is 0 Å². The molecule has 0 aromatic heterocycles. The topological polar surface area (TPSA) is 151 Å². The zero-order valence-corrected chi connectivity index (χ0v) is 23.2. The predicted molar refractivity (Wildman–Crippen MR) is 145 cm³/mol. The summed E-state index contributed by atoms with van der Waals surface area (Å²) in [5.41, 5.74) is 0.254. The Labute approximate surface area is 246 Å². The molecule has 0 spiro atoms. The Kier molecular flexibility index (Phi) is 10.6. The summed E-state index contributed by atoms with van der Waals surface area (Å²) in [6.07, 6.45) is -1.03. The van der Waals surface area contributed by atoms with Crippen LogP contribution in [0.3, 0.4) is 0 Å². The fourth-order valence-electron chi connectivity index (χ4n) is 3.90. The third-order valence-corrected chi connectivity index (χ3v) is 6.40. The van der Waals surface area contributed by atoms with Gasteiger partial charge in [0.2, 0.25) is 17.5 Å². The van der Waals surface area contributed by atoms with Gasteiger partial charge in [0.05, 0.1) is 6.42 Å². The summed E-state index contributed by atoms with van der Waals surface area (Å²) in [6.45, 7) is 1.68. The minimum Gasteiger partial charge on any atom is -0.481 e. The Morgan fingerprint density at radius 2 is 1.49 bits per heavy atom. The Morgan fingerprint density at radius 1 is 0.884 bits per heavy atom. The first kappa shape index (κ1) is 32.8. The first-order chi connectivity index (χ1) is 20.2. The van der Waals surface area contributed by atoms with Crippen molar-refractivity contribution in [3.8, 4) is 5.75 Å². The number of aliphatic carboxylic acids is 1. The van der Waals surface area contributed by atoms with E-state index < -0.39 is 89.5 Å². The molecule has 3 aromatic carbocycles. The first-order valence-electron chi connectivity index (χ1n) is 12.5. The van der Waals surface area contributed by atoms with Crippen LogP contribution in [0.15, 0.2) is 42.5 Å². The number of carboxylic acid groups (broad SMARTS) is 1. The van der Waals surface area contributed by atoms with Gasteiger partial charge in [-0.1, -0.05) is 49.7 Å². The van der Waals surface area contributed by atoms with Gasteiger partial charge in [0.25, 0.3) is 0 Å². The SMILES string of the molecule is CC(C)[C@H](NC(=O)C(=O)Nc1ccc(Cl)c2ccccc12)C(=O)N[C@@H](CC(=O)O)C(=O)COc1c(F)c(F)cc(F)c1F. The number of hydrogen-bond donors (Lipinski definition) is 4. The number of amides is 3. The van der Waals surface area contributed by atoms with Gasteiger partial charge in [0.15, 0.2) is 23.2 Å². The van der Waals surface area contributed by atoms with Crippen LogP contribution in [0.2, 0.25) is 5.02 Å². The number of fused-ring (bicyclic) bond motifs is 1. The molecule has 0 aliphatic heterocycles. The molecule has 0 unspecified atom stereocenters. The summed E-state index contributed by atoms with van der Waals surface area (Å²) < 4.78 is 59.2. The molecule has 0 aliphatic rings. The highest BCUT2D eigenvalue weighted by Gasteiger charge is 2.32. The number of hydrogen-bond acceptors (Lipinski definition) is 6. The third kappa shape index (κ3) is 7.97. The van der Waals surface area contributed by atoms with Crippen molar-refractivity contribution in [1.29, 1.82) is 0 Å². The fraction of sp³-hybridized carbons (Fsp3) is 0.250. The molecule has 0 radical (unpaired) electrons. The molecule has 0 saturated carbocycles. The van der Waals surface area contributed by atoms with Gasteiger partial charge in [-0.25, -0.2) is 8.78 Å². The molecule has 43 heavy (non-hydrogen) atoms. The normalized spacial score (nSPS) is 12.4. The maximum atomic E-state index is 13.9. The van der Waals surface area contributed by atoms with Crippen molar-refractivity contribution in [3.05, 3.63) is 70.8 Å². The van der Waals surface area contributed by atoms with Crippen LogP contribution < -0.4 is 20.7 Å². The zero-order chi connectivity index (χ0) is 32.0. The van der Waals surface area contributed by atoms with Gasteiger partial charge in [0, 0.05) is 27.5 Å². The molecular formula is C28H24ClF4N3O7. The molecule has 0 heterocycles. The molecule has 228 valence electrons. The average Bonchev–Trinajstić information content (AvgIpc) is 2.95. The van der Waals surface area contributed by atoms with E-state index in [1.807, 2.05) is 0 Å².